The quantitative estimate of drug-likeness (QED) is 0.744. The lowest BCUT2D eigenvalue weighted by Crippen LogP contribution is -2.29. The predicted molar refractivity (Wildman–Crippen MR) is 61.2 cm³/mol. The number of anilines is 1. The molecule has 0 aliphatic carbocycles. The normalized spacial score (nSPS) is 9.88. The van der Waals surface area contributed by atoms with Crippen LogP contribution in [0.25, 0.3) is 0 Å². The van der Waals surface area contributed by atoms with E-state index in [2.05, 4.69) is 9.97 Å². The van der Waals surface area contributed by atoms with E-state index in [0.29, 0.717) is 18.2 Å². The van der Waals surface area contributed by atoms with Gasteiger partial charge in [0, 0.05) is 25.9 Å². The summed E-state index contributed by atoms with van der Waals surface area (Å²) in [7, 11) is 1.66. The van der Waals surface area contributed by atoms with Crippen LogP contribution in [-0.2, 0) is 4.74 Å². The summed E-state index contributed by atoms with van der Waals surface area (Å²) in [5, 5.41) is 8.83. The number of hydrogen-bond acceptors (Lipinski definition) is 5. The van der Waals surface area contributed by atoms with Gasteiger partial charge in [-0.1, -0.05) is 0 Å². The number of methoxy groups -OCH3 is 1. The van der Waals surface area contributed by atoms with Crippen molar-refractivity contribution in [1.82, 2.24) is 9.97 Å². The molecule has 0 saturated carbocycles. The number of ether oxygens (including phenoxy) is 1. The summed E-state index contributed by atoms with van der Waals surface area (Å²) in [6.45, 7) is 6.01. The topological polar surface area (TPSA) is 62.0 Å². The van der Waals surface area contributed by atoms with Gasteiger partial charge in [0.2, 0.25) is 5.95 Å². The van der Waals surface area contributed by atoms with E-state index in [1.807, 2.05) is 24.8 Å². The fraction of sp³-hybridized carbons (Fsp3) is 0.545. The average Bonchev–Trinajstić information content (AvgIpc) is 2.29. The molecule has 0 aliphatic rings. The lowest BCUT2D eigenvalue weighted by atomic mass is 10.3. The Morgan fingerprint density at radius 2 is 2.25 bits per heavy atom. The van der Waals surface area contributed by atoms with Crippen LogP contribution in [-0.4, -0.2) is 36.8 Å². The van der Waals surface area contributed by atoms with E-state index in [1.54, 1.807) is 13.2 Å². The van der Waals surface area contributed by atoms with E-state index in [0.717, 1.165) is 18.8 Å². The van der Waals surface area contributed by atoms with Crippen molar-refractivity contribution in [3.8, 4) is 6.07 Å². The Hall–Kier alpha value is -1.67. The van der Waals surface area contributed by atoms with E-state index in [9.17, 15) is 0 Å². The summed E-state index contributed by atoms with van der Waals surface area (Å²) in [4.78, 5) is 10.5. The molecular formula is C11H16N4O. The maximum atomic E-state index is 8.83. The van der Waals surface area contributed by atoms with Crippen LogP contribution in [0, 0.1) is 18.3 Å². The molecule has 86 valence electrons. The molecule has 5 nitrogen and oxygen atoms in total. The van der Waals surface area contributed by atoms with Gasteiger partial charge in [-0.15, -0.1) is 0 Å². The molecule has 0 N–H and O–H groups in total. The average molecular weight is 220 g/mol. The summed E-state index contributed by atoms with van der Waals surface area (Å²) < 4.78 is 5.02. The molecule has 0 spiro atoms. The van der Waals surface area contributed by atoms with Crippen LogP contribution >= 0.6 is 0 Å². The van der Waals surface area contributed by atoms with Crippen molar-refractivity contribution in [3.63, 3.8) is 0 Å². The van der Waals surface area contributed by atoms with Crippen LogP contribution < -0.4 is 4.90 Å². The molecule has 1 aromatic rings. The van der Waals surface area contributed by atoms with Crippen molar-refractivity contribution in [3.05, 3.63) is 17.5 Å². The number of rotatable bonds is 5. The van der Waals surface area contributed by atoms with Gasteiger partial charge in [0.15, 0.2) is 0 Å². The first-order chi connectivity index (χ1) is 7.71. The van der Waals surface area contributed by atoms with Crippen molar-refractivity contribution in [2.45, 2.75) is 13.8 Å². The van der Waals surface area contributed by atoms with Crippen molar-refractivity contribution < 1.29 is 4.74 Å². The van der Waals surface area contributed by atoms with E-state index in [-0.39, 0.29) is 0 Å². The van der Waals surface area contributed by atoms with Crippen molar-refractivity contribution in [2.24, 2.45) is 0 Å². The number of aromatic nitrogens is 2. The van der Waals surface area contributed by atoms with Gasteiger partial charge in [0.25, 0.3) is 0 Å². The highest BCUT2D eigenvalue weighted by molar-refractivity contribution is 5.35. The summed E-state index contributed by atoms with van der Waals surface area (Å²) in [5.41, 5.74) is 1.20. The lowest BCUT2D eigenvalue weighted by Gasteiger charge is -2.20. The van der Waals surface area contributed by atoms with Gasteiger partial charge < -0.3 is 9.64 Å². The van der Waals surface area contributed by atoms with Gasteiger partial charge >= 0.3 is 0 Å². The van der Waals surface area contributed by atoms with Crippen molar-refractivity contribution in [2.75, 3.05) is 31.7 Å². The molecule has 0 radical (unpaired) electrons. The molecule has 0 amide bonds. The molecule has 5 heteroatoms. The fourth-order valence-corrected chi connectivity index (χ4v) is 1.35. The highest BCUT2D eigenvalue weighted by Crippen LogP contribution is 2.09. The van der Waals surface area contributed by atoms with Gasteiger partial charge in [0.1, 0.15) is 11.8 Å². The predicted octanol–water partition coefficient (Wildman–Crippen LogP) is 1.13. The van der Waals surface area contributed by atoms with Gasteiger partial charge in [0.05, 0.1) is 6.61 Å². The fourth-order valence-electron chi connectivity index (χ4n) is 1.35. The minimum absolute atomic E-state index is 0.401. The number of likely N-dealkylation sites (N-methyl/N-ethyl adjacent to an activating group) is 1. The van der Waals surface area contributed by atoms with E-state index >= 15 is 0 Å². The third kappa shape index (κ3) is 3.17. The smallest absolute Gasteiger partial charge is 0.226 e. The third-order valence-electron chi connectivity index (χ3n) is 2.19. The van der Waals surface area contributed by atoms with Crippen LogP contribution in [0.1, 0.15) is 18.3 Å². The standard InChI is InChI=1S/C11H16N4O/c1-4-15(5-6-16-3)11-13-9(2)7-10(8-12)14-11/h7H,4-6H2,1-3H3. The summed E-state index contributed by atoms with van der Waals surface area (Å²) >= 11 is 0. The molecule has 0 saturated heterocycles. The van der Waals surface area contributed by atoms with Crippen LogP contribution in [0.4, 0.5) is 5.95 Å². The molecule has 0 atom stereocenters. The van der Waals surface area contributed by atoms with E-state index < -0.39 is 0 Å². The number of nitrogens with zero attached hydrogens (tertiary/aromatic N) is 4. The zero-order valence-corrected chi connectivity index (χ0v) is 9.90. The van der Waals surface area contributed by atoms with E-state index in [1.165, 1.54) is 0 Å². The lowest BCUT2D eigenvalue weighted by molar-refractivity contribution is 0.205. The molecule has 16 heavy (non-hydrogen) atoms. The Morgan fingerprint density at radius 1 is 1.50 bits per heavy atom. The zero-order chi connectivity index (χ0) is 12.0. The molecule has 0 unspecified atom stereocenters. The second kappa shape index (κ2) is 6.03. The molecule has 0 fully saturated rings. The SMILES string of the molecule is CCN(CCOC)c1nc(C)cc(C#N)n1. The van der Waals surface area contributed by atoms with Gasteiger partial charge in [-0.05, 0) is 19.9 Å². The summed E-state index contributed by atoms with van der Waals surface area (Å²) in [6.07, 6.45) is 0. The molecule has 1 rings (SSSR count). The molecule has 0 bridgehead atoms. The number of nitriles is 1. The van der Waals surface area contributed by atoms with Crippen molar-refractivity contribution >= 4 is 5.95 Å². The first kappa shape index (κ1) is 12.4. The maximum Gasteiger partial charge on any atom is 0.226 e. The second-order valence-electron chi connectivity index (χ2n) is 3.38. The zero-order valence-electron chi connectivity index (χ0n) is 9.90. The molecular weight excluding hydrogens is 204 g/mol. The van der Waals surface area contributed by atoms with Crippen LogP contribution in [0.3, 0.4) is 0 Å². The minimum atomic E-state index is 0.401. The molecule has 0 aromatic carbocycles. The Balaban J connectivity index is 2.91. The molecule has 1 aromatic heterocycles. The highest BCUT2D eigenvalue weighted by atomic mass is 16.5. The van der Waals surface area contributed by atoms with Gasteiger partial charge in [-0.3, -0.25) is 0 Å². The Labute approximate surface area is 95.7 Å². The van der Waals surface area contributed by atoms with Crippen molar-refractivity contribution in [1.29, 1.82) is 5.26 Å². The van der Waals surface area contributed by atoms with Crippen LogP contribution in [0.15, 0.2) is 6.07 Å². The highest BCUT2D eigenvalue weighted by Gasteiger charge is 2.09. The van der Waals surface area contributed by atoms with Gasteiger partial charge in [-0.2, -0.15) is 5.26 Å². The monoisotopic (exact) mass is 220 g/mol. The first-order valence-corrected chi connectivity index (χ1v) is 5.21. The molecule has 0 aliphatic heterocycles. The minimum Gasteiger partial charge on any atom is -0.383 e. The largest absolute Gasteiger partial charge is 0.383 e. The Bertz CT molecular complexity index is 386. The Kier molecular flexibility index (Phi) is 4.67. The van der Waals surface area contributed by atoms with Crippen LogP contribution in [0.5, 0.6) is 0 Å². The summed E-state index contributed by atoms with van der Waals surface area (Å²) in [6, 6.07) is 3.71. The third-order valence-corrected chi connectivity index (χ3v) is 2.19. The molecule has 1 heterocycles. The van der Waals surface area contributed by atoms with Crippen LogP contribution in [0.2, 0.25) is 0 Å². The maximum absolute atomic E-state index is 8.83. The van der Waals surface area contributed by atoms with E-state index in [4.69, 9.17) is 10.00 Å². The second-order valence-corrected chi connectivity index (χ2v) is 3.38. The summed E-state index contributed by atoms with van der Waals surface area (Å²) in [5.74, 6) is 0.594. The van der Waals surface area contributed by atoms with Gasteiger partial charge in [-0.25, -0.2) is 9.97 Å². The number of hydrogen-bond donors (Lipinski definition) is 0. The number of aryl methyl sites for hydroxylation is 1. The Morgan fingerprint density at radius 3 is 2.81 bits per heavy atom. The first-order valence-electron chi connectivity index (χ1n) is 5.21.